The largest absolute Gasteiger partial charge is 0.439 e. The van der Waals surface area contributed by atoms with Gasteiger partial charge in [-0.25, -0.2) is 9.78 Å². The molecule has 15 heavy (non-hydrogen) atoms. The number of rotatable bonds is 2. The van der Waals surface area contributed by atoms with Crippen molar-refractivity contribution in [2.75, 3.05) is 25.5 Å². The molecule has 0 aliphatic carbocycles. The fourth-order valence-corrected chi connectivity index (χ4v) is 1.43. The lowest BCUT2D eigenvalue weighted by atomic mass is 10.1. The molecule has 0 spiro atoms. The van der Waals surface area contributed by atoms with E-state index in [-0.39, 0.29) is 12.2 Å². The van der Waals surface area contributed by atoms with Gasteiger partial charge in [-0.2, -0.15) is 0 Å². The number of nitrogens with zero attached hydrogens (tertiary/aromatic N) is 2. The maximum Gasteiger partial charge on any atom is 0.407 e. The second-order valence-electron chi connectivity index (χ2n) is 3.62. The second kappa shape index (κ2) is 3.76. The third kappa shape index (κ3) is 2.01. The first-order chi connectivity index (χ1) is 7.16. The summed E-state index contributed by atoms with van der Waals surface area (Å²) in [5, 5.41) is 2.61. The number of anilines is 1. The minimum absolute atomic E-state index is 0.207. The highest BCUT2D eigenvalue weighted by molar-refractivity contribution is 5.69. The Morgan fingerprint density at radius 1 is 1.53 bits per heavy atom. The van der Waals surface area contributed by atoms with Crippen molar-refractivity contribution < 1.29 is 9.53 Å². The lowest BCUT2D eigenvalue weighted by molar-refractivity contribution is 0.141. The first-order valence-electron chi connectivity index (χ1n) is 4.74. The van der Waals surface area contributed by atoms with Crippen molar-refractivity contribution in [1.82, 2.24) is 10.3 Å². The van der Waals surface area contributed by atoms with Crippen LogP contribution in [0.2, 0.25) is 0 Å². The Labute approximate surface area is 88.1 Å². The zero-order chi connectivity index (χ0) is 10.8. The zero-order valence-corrected chi connectivity index (χ0v) is 8.73. The first kappa shape index (κ1) is 9.76. The van der Waals surface area contributed by atoms with Crippen LogP contribution in [0.25, 0.3) is 0 Å². The molecule has 5 heteroatoms. The monoisotopic (exact) mass is 207 g/mol. The summed E-state index contributed by atoms with van der Waals surface area (Å²) in [6.45, 7) is 0.516. The lowest BCUT2D eigenvalue weighted by Crippen LogP contribution is -2.13. The van der Waals surface area contributed by atoms with Crippen LogP contribution in [0.5, 0.6) is 0 Å². The summed E-state index contributed by atoms with van der Waals surface area (Å²) in [7, 11) is 3.86. The highest BCUT2D eigenvalue weighted by Gasteiger charge is 2.24. The summed E-state index contributed by atoms with van der Waals surface area (Å²) >= 11 is 0. The van der Waals surface area contributed by atoms with Gasteiger partial charge >= 0.3 is 6.09 Å². The van der Waals surface area contributed by atoms with E-state index in [1.54, 1.807) is 6.20 Å². The lowest BCUT2D eigenvalue weighted by Gasteiger charge is -2.12. The van der Waals surface area contributed by atoms with Gasteiger partial charge in [0.15, 0.2) is 0 Å². The fourth-order valence-electron chi connectivity index (χ4n) is 1.43. The Morgan fingerprint density at radius 3 is 2.80 bits per heavy atom. The average molecular weight is 207 g/mol. The molecule has 0 radical (unpaired) electrons. The van der Waals surface area contributed by atoms with Crippen LogP contribution in [0.15, 0.2) is 18.3 Å². The van der Waals surface area contributed by atoms with E-state index in [4.69, 9.17) is 4.74 Å². The van der Waals surface area contributed by atoms with Gasteiger partial charge in [-0.3, -0.25) is 0 Å². The molecule has 0 saturated carbocycles. The Hall–Kier alpha value is -1.78. The summed E-state index contributed by atoms with van der Waals surface area (Å²) in [6.07, 6.45) is 1.16. The molecule has 1 aliphatic rings. The number of carbonyl (C=O) groups is 1. The van der Waals surface area contributed by atoms with E-state index in [1.807, 2.05) is 31.1 Å². The molecule has 0 aromatic carbocycles. The van der Waals surface area contributed by atoms with Gasteiger partial charge in [-0.05, 0) is 6.07 Å². The van der Waals surface area contributed by atoms with E-state index < -0.39 is 0 Å². The Balaban J connectivity index is 2.13. The molecular formula is C10H13N3O2. The van der Waals surface area contributed by atoms with Crippen molar-refractivity contribution in [2.24, 2.45) is 0 Å². The van der Waals surface area contributed by atoms with Gasteiger partial charge in [0.25, 0.3) is 0 Å². The van der Waals surface area contributed by atoms with Crippen molar-refractivity contribution in [3.63, 3.8) is 0 Å². The molecule has 5 nitrogen and oxygen atoms in total. The molecule has 0 bridgehead atoms. The van der Waals surface area contributed by atoms with Gasteiger partial charge in [-0.15, -0.1) is 0 Å². The number of amides is 1. The van der Waals surface area contributed by atoms with E-state index in [1.165, 1.54) is 0 Å². The van der Waals surface area contributed by atoms with Gasteiger partial charge in [-0.1, -0.05) is 6.07 Å². The summed E-state index contributed by atoms with van der Waals surface area (Å²) in [4.78, 5) is 17.0. The van der Waals surface area contributed by atoms with Gasteiger partial charge in [0.1, 0.15) is 11.9 Å². The maximum atomic E-state index is 10.8. The maximum absolute atomic E-state index is 10.8. The number of hydrogen-bond donors (Lipinski definition) is 1. The fraction of sp³-hybridized carbons (Fsp3) is 0.400. The number of hydrogen-bond acceptors (Lipinski definition) is 4. The van der Waals surface area contributed by atoms with Crippen LogP contribution >= 0.6 is 0 Å². The minimum atomic E-state index is -0.364. The molecule has 2 rings (SSSR count). The molecule has 1 aliphatic heterocycles. The van der Waals surface area contributed by atoms with Crippen molar-refractivity contribution in [3.05, 3.63) is 23.9 Å². The Bertz CT molecular complexity index is 361. The standard InChI is InChI=1S/C10H13N3O2/c1-13(2)9-4-3-7(5-11-9)8-6-12-10(14)15-8/h3-5,8H,6H2,1-2H3,(H,12,14). The van der Waals surface area contributed by atoms with Gasteiger partial charge < -0.3 is 15.0 Å². The number of ether oxygens (including phenoxy) is 1. The molecule has 2 heterocycles. The molecule has 1 saturated heterocycles. The summed E-state index contributed by atoms with van der Waals surface area (Å²) in [6, 6.07) is 3.83. The van der Waals surface area contributed by atoms with Crippen LogP contribution in [0.1, 0.15) is 11.7 Å². The van der Waals surface area contributed by atoms with Crippen LogP contribution in [0.4, 0.5) is 10.6 Å². The van der Waals surface area contributed by atoms with E-state index in [0.717, 1.165) is 11.4 Å². The second-order valence-corrected chi connectivity index (χ2v) is 3.62. The normalized spacial score (nSPS) is 19.6. The van der Waals surface area contributed by atoms with Gasteiger partial charge in [0.05, 0.1) is 6.54 Å². The molecule has 80 valence electrons. The predicted octanol–water partition coefficient (Wildman–Crippen LogP) is 0.928. The van der Waals surface area contributed by atoms with Crippen LogP contribution in [0, 0.1) is 0 Å². The third-order valence-corrected chi connectivity index (χ3v) is 2.28. The van der Waals surface area contributed by atoms with Crippen molar-refractivity contribution in [3.8, 4) is 0 Å². The quantitative estimate of drug-likeness (QED) is 0.783. The van der Waals surface area contributed by atoms with E-state index in [9.17, 15) is 4.79 Å². The molecule has 1 N–H and O–H groups in total. The number of carbonyl (C=O) groups excluding carboxylic acids is 1. The highest BCUT2D eigenvalue weighted by Crippen LogP contribution is 2.21. The minimum Gasteiger partial charge on any atom is -0.439 e. The Morgan fingerprint density at radius 2 is 2.33 bits per heavy atom. The van der Waals surface area contributed by atoms with Gasteiger partial charge in [0, 0.05) is 25.9 Å². The van der Waals surface area contributed by atoms with E-state index in [0.29, 0.717) is 6.54 Å². The van der Waals surface area contributed by atoms with Crippen molar-refractivity contribution >= 4 is 11.9 Å². The summed E-state index contributed by atoms with van der Waals surface area (Å²) < 4.78 is 5.04. The number of aromatic nitrogens is 1. The predicted molar refractivity (Wildman–Crippen MR) is 55.8 cm³/mol. The van der Waals surface area contributed by atoms with Crippen LogP contribution in [0.3, 0.4) is 0 Å². The molecule has 1 amide bonds. The van der Waals surface area contributed by atoms with Crippen LogP contribution in [-0.4, -0.2) is 31.7 Å². The van der Waals surface area contributed by atoms with Crippen LogP contribution in [-0.2, 0) is 4.74 Å². The molecule has 1 aromatic rings. The number of nitrogens with one attached hydrogen (secondary N) is 1. The Kier molecular flexibility index (Phi) is 2.45. The van der Waals surface area contributed by atoms with Crippen molar-refractivity contribution in [2.45, 2.75) is 6.10 Å². The summed E-state index contributed by atoms with van der Waals surface area (Å²) in [5.41, 5.74) is 0.916. The number of alkyl carbamates (subject to hydrolysis) is 1. The van der Waals surface area contributed by atoms with Crippen LogP contribution < -0.4 is 10.2 Å². The number of cyclic esters (lactones) is 1. The number of pyridine rings is 1. The summed E-state index contributed by atoms with van der Waals surface area (Å²) in [5.74, 6) is 0.885. The molecule has 1 fully saturated rings. The molecule has 1 atom stereocenters. The first-order valence-corrected chi connectivity index (χ1v) is 4.74. The molecule has 1 unspecified atom stereocenters. The van der Waals surface area contributed by atoms with E-state index >= 15 is 0 Å². The SMILES string of the molecule is CN(C)c1ccc(C2CNC(=O)O2)cn1. The third-order valence-electron chi connectivity index (χ3n) is 2.28. The average Bonchev–Trinajstić information content (AvgIpc) is 2.65. The topological polar surface area (TPSA) is 54.5 Å². The highest BCUT2D eigenvalue weighted by atomic mass is 16.6. The van der Waals surface area contributed by atoms with Gasteiger partial charge in [0.2, 0.25) is 0 Å². The molecule has 1 aromatic heterocycles. The smallest absolute Gasteiger partial charge is 0.407 e. The van der Waals surface area contributed by atoms with Crippen molar-refractivity contribution in [1.29, 1.82) is 0 Å². The van der Waals surface area contributed by atoms with E-state index in [2.05, 4.69) is 10.3 Å². The zero-order valence-electron chi connectivity index (χ0n) is 8.73. The molecular weight excluding hydrogens is 194 g/mol.